The zero-order chi connectivity index (χ0) is 10.8. The van der Waals surface area contributed by atoms with Gasteiger partial charge in [-0.15, -0.1) is 0 Å². The summed E-state index contributed by atoms with van der Waals surface area (Å²) in [5.41, 5.74) is 1.11. The van der Waals surface area contributed by atoms with Crippen LogP contribution in [0, 0.1) is 11.8 Å². The highest BCUT2D eigenvalue weighted by molar-refractivity contribution is 5.88. The maximum atomic E-state index is 11.9. The van der Waals surface area contributed by atoms with E-state index >= 15 is 0 Å². The predicted molar refractivity (Wildman–Crippen MR) is 61.5 cm³/mol. The Balaban J connectivity index is 1.99. The van der Waals surface area contributed by atoms with Gasteiger partial charge in [0.25, 0.3) is 0 Å². The monoisotopic (exact) mass is 207 g/mol. The minimum absolute atomic E-state index is 0.228. The van der Waals surface area contributed by atoms with Gasteiger partial charge in [0.2, 0.25) is 5.91 Å². The topological polar surface area (TPSA) is 20.3 Å². The Labute approximate surface area is 92.3 Å². The number of likely N-dealkylation sites (tertiary alicyclic amines) is 1. The van der Waals surface area contributed by atoms with Crippen LogP contribution < -0.4 is 0 Å². The van der Waals surface area contributed by atoms with Crippen LogP contribution in [0.25, 0.3) is 0 Å². The summed E-state index contributed by atoms with van der Waals surface area (Å²) in [5.74, 6) is 1.80. The number of nitrogens with zero attached hydrogens (tertiary/aromatic N) is 1. The summed E-state index contributed by atoms with van der Waals surface area (Å²) in [6, 6.07) is 0. The molecule has 0 radical (unpaired) electrons. The summed E-state index contributed by atoms with van der Waals surface area (Å²) >= 11 is 0. The molecule has 1 saturated heterocycles. The molecule has 0 N–H and O–H groups in total. The Morgan fingerprint density at radius 2 is 1.80 bits per heavy atom. The van der Waals surface area contributed by atoms with E-state index in [1.54, 1.807) is 6.08 Å². The molecule has 1 aliphatic heterocycles. The fraction of sp³-hybridized carbons (Fsp3) is 0.769. The third-order valence-electron chi connectivity index (χ3n) is 3.57. The quantitative estimate of drug-likeness (QED) is 0.605. The number of carbonyl (C=O) groups excluding carboxylic acids is 1. The van der Waals surface area contributed by atoms with E-state index in [1.165, 1.54) is 25.7 Å². The van der Waals surface area contributed by atoms with Crippen molar-refractivity contribution in [3.63, 3.8) is 0 Å². The van der Waals surface area contributed by atoms with Gasteiger partial charge in [0.05, 0.1) is 0 Å². The largest absolute Gasteiger partial charge is 0.339 e. The molecule has 84 valence electrons. The number of carbonyl (C=O) groups is 1. The molecule has 2 heteroatoms. The molecule has 2 aliphatic rings. The number of piperidine rings is 1. The number of fused-ring (bicyclic) bond motifs is 2. The lowest BCUT2D eigenvalue weighted by Crippen LogP contribution is -2.45. The van der Waals surface area contributed by atoms with E-state index in [1.807, 2.05) is 13.8 Å². The number of rotatable bonds is 1. The van der Waals surface area contributed by atoms with Crippen molar-refractivity contribution in [1.82, 2.24) is 4.90 Å². The molecule has 1 amide bonds. The van der Waals surface area contributed by atoms with E-state index < -0.39 is 0 Å². The first kappa shape index (κ1) is 10.7. The SMILES string of the molecule is CC(C)=CC(=O)N1CC2CCCC(C2)C1. The van der Waals surface area contributed by atoms with Gasteiger partial charge in [-0.2, -0.15) is 0 Å². The lowest BCUT2D eigenvalue weighted by Gasteiger charge is -2.41. The van der Waals surface area contributed by atoms with Crippen molar-refractivity contribution in [2.75, 3.05) is 13.1 Å². The molecule has 1 aliphatic carbocycles. The highest BCUT2D eigenvalue weighted by Gasteiger charge is 2.31. The highest BCUT2D eigenvalue weighted by atomic mass is 16.2. The number of hydrogen-bond donors (Lipinski definition) is 0. The summed E-state index contributed by atoms with van der Waals surface area (Å²) in [5, 5.41) is 0. The summed E-state index contributed by atoms with van der Waals surface area (Å²) in [7, 11) is 0. The van der Waals surface area contributed by atoms with Gasteiger partial charge in [-0.25, -0.2) is 0 Å². The van der Waals surface area contributed by atoms with Crippen LogP contribution in [0.4, 0.5) is 0 Å². The lowest BCUT2D eigenvalue weighted by molar-refractivity contribution is -0.129. The minimum Gasteiger partial charge on any atom is -0.339 e. The molecular formula is C13H21NO. The normalized spacial score (nSPS) is 29.9. The fourth-order valence-corrected chi connectivity index (χ4v) is 2.95. The highest BCUT2D eigenvalue weighted by Crippen LogP contribution is 2.34. The first-order chi connectivity index (χ1) is 7.15. The van der Waals surface area contributed by atoms with Crippen molar-refractivity contribution in [1.29, 1.82) is 0 Å². The minimum atomic E-state index is 0.228. The van der Waals surface area contributed by atoms with E-state index in [0.717, 1.165) is 30.5 Å². The molecule has 2 bridgehead atoms. The molecular weight excluding hydrogens is 186 g/mol. The van der Waals surface area contributed by atoms with E-state index in [4.69, 9.17) is 0 Å². The van der Waals surface area contributed by atoms with Crippen LogP contribution in [-0.2, 0) is 4.79 Å². The molecule has 2 nitrogen and oxygen atoms in total. The third kappa shape index (κ3) is 2.61. The zero-order valence-electron chi connectivity index (χ0n) is 9.83. The van der Waals surface area contributed by atoms with Gasteiger partial charge in [0, 0.05) is 19.2 Å². The second-order valence-corrected chi connectivity index (χ2v) is 5.36. The molecule has 0 spiro atoms. The maximum Gasteiger partial charge on any atom is 0.246 e. The Kier molecular flexibility index (Phi) is 3.13. The van der Waals surface area contributed by atoms with Crippen molar-refractivity contribution < 1.29 is 4.79 Å². The average Bonchev–Trinajstić information content (AvgIpc) is 2.16. The van der Waals surface area contributed by atoms with E-state index in [0.29, 0.717) is 0 Å². The molecule has 2 atom stereocenters. The summed E-state index contributed by atoms with van der Waals surface area (Å²) in [4.78, 5) is 13.9. The molecule has 1 saturated carbocycles. The van der Waals surface area contributed by atoms with Crippen LogP contribution in [0.5, 0.6) is 0 Å². The lowest BCUT2D eigenvalue weighted by atomic mass is 9.78. The second-order valence-electron chi connectivity index (χ2n) is 5.36. The van der Waals surface area contributed by atoms with Crippen LogP contribution in [0.2, 0.25) is 0 Å². The number of allylic oxidation sites excluding steroid dienone is 1. The number of hydrogen-bond acceptors (Lipinski definition) is 1. The molecule has 0 aromatic heterocycles. The van der Waals surface area contributed by atoms with Gasteiger partial charge >= 0.3 is 0 Å². The summed E-state index contributed by atoms with van der Waals surface area (Å²) in [6.07, 6.45) is 7.17. The van der Waals surface area contributed by atoms with Crippen LogP contribution in [0.3, 0.4) is 0 Å². The average molecular weight is 207 g/mol. The Morgan fingerprint density at radius 1 is 1.20 bits per heavy atom. The van der Waals surface area contributed by atoms with Crippen LogP contribution in [0.1, 0.15) is 39.5 Å². The Hall–Kier alpha value is -0.790. The van der Waals surface area contributed by atoms with Gasteiger partial charge in [-0.05, 0) is 44.9 Å². The van der Waals surface area contributed by atoms with Gasteiger partial charge in [-0.3, -0.25) is 4.79 Å². The van der Waals surface area contributed by atoms with E-state index in [9.17, 15) is 4.79 Å². The van der Waals surface area contributed by atoms with Gasteiger partial charge in [0.1, 0.15) is 0 Å². The van der Waals surface area contributed by atoms with Crippen molar-refractivity contribution in [3.8, 4) is 0 Å². The van der Waals surface area contributed by atoms with Crippen molar-refractivity contribution >= 4 is 5.91 Å². The molecule has 0 aromatic carbocycles. The summed E-state index contributed by atoms with van der Waals surface area (Å²) in [6.45, 7) is 5.98. The van der Waals surface area contributed by atoms with Crippen LogP contribution in [-0.4, -0.2) is 23.9 Å². The molecule has 2 rings (SSSR count). The third-order valence-corrected chi connectivity index (χ3v) is 3.57. The molecule has 1 heterocycles. The zero-order valence-corrected chi connectivity index (χ0v) is 9.83. The van der Waals surface area contributed by atoms with Crippen molar-refractivity contribution in [3.05, 3.63) is 11.6 Å². The predicted octanol–water partition coefficient (Wildman–Crippen LogP) is 2.60. The second kappa shape index (κ2) is 4.38. The van der Waals surface area contributed by atoms with E-state index in [-0.39, 0.29) is 5.91 Å². The summed E-state index contributed by atoms with van der Waals surface area (Å²) < 4.78 is 0. The molecule has 2 fully saturated rings. The van der Waals surface area contributed by atoms with Crippen molar-refractivity contribution in [2.45, 2.75) is 39.5 Å². The maximum absolute atomic E-state index is 11.9. The van der Waals surface area contributed by atoms with E-state index in [2.05, 4.69) is 4.90 Å². The standard InChI is InChI=1S/C13H21NO/c1-10(2)6-13(15)14-8-11-4-3-5-12(7-11)9-14/h6,11-12H,3-5,7-9H2,1-2H3. The van der Waals surface area contributed by atoms with Crippen LogP contribution >= 0.6 is 0 Å². The van der Waals surface area contributed by atoms with Gasteiger partial charge < -0.3 is 4.90 Å². The molecule has 15 heavy (non-hydrogen) atoms. The van der Waals surface area contributed by atoms with Gasteiger partial charge in [-0.1, -0.05) is 12.0 Å². The Morgan fingerprint density at radius 3 is 2.33 bits per heavy atom. The Bertz CT molecular complexity index is 266. The number of amides is 1. The van der Waals surface area contributed by atoms with Gasteiger partial charge in [0.15, 0.2) is 0 Å². The van der Waals surface area contributed by atoms with Crippen molar-refractivity contribution in [2.24, 2.45) is 11.8 Å². The first-order valence-corrected chi connectivity index (χ1v) is 6.09. The molecule has 0 aromatic rings. The first-order valence-electron chi connectivity index (χ1n) is 6.09. The fourth-order valence-electron chi connectivity index (χ4n) is 2.95. The smallest absolute Gasteiger partial charge is 0.246 e. The molecule has 2 unspecified atom stereocenters. The van der Waals surface area contributed by atoms with Crippen LogP contribution in [0.15, 0.2) is 11.6 Å².